The van der Waals surface area contributed by atoms with Crippen molar-refractivity contribution in [1.82, 2.24) is 4.48 Å². The second kappa shape index (κ2) is 3.97. The predicted molar refractivity (Wildman–Crippen MR) is 67.1 cm³/mol. The van der Waals surface area contributed by atoms with E-state index in [1.807, 2.05) is 0 Å². The molecule has 1 saturated heterocycles. The van der Waals surface area contributed by atoms with Crippen LogP contribution in [0.5, 0.6) is 0 Å². The number of nitrogens with zero attached hydrogens (tertiary/aromatic N) is 1. The summed E-state index contributed by atoms with van der Waals surface area (Å²) in [5, 5.41) is 0. The third kappa shape index (κ3) is 1.81. The topological polar surface area (TPSA) is 0 Å². The van der Waals surface area contributed by atoms with Crippen molar-refractivity contribution in [2.45, 2.75) is 39.7 Å². The minimum Gasteiger partial charge on any atom is -0.289 e. The Morgan fingerprint density at radius 3 is 2.00 bits per heavy atom. The molecule has 1 aliphatic rings. The molecule has 0 bridgehead atoms. The van der Waals surface area contributed by atoms with E-state index in [1.54, 1.807) is 0 Å². The normalized spacial score (nSPS) is 19.7. The largest absolute Gasteiger partial charge is 0.289 e. The van der Waals surface area contributed by atoms with Gasteiger partial charge in [0, 0.05) is 12.8 Å². The fourth-order valence-corrected chi connectivity index (χ4v) is 2.81. The maximum Gasteiger partial charge on any atom is 0.133 e. The standard InChI is InChI=1S/C14H22N/c1-12(2)15(10-4-5-11-15)14-8-6-13(3)7-9-14/h6-9,12H,4-5,10-11H2,1-3H3/q+1. The van der Waals surface area contributed by atoms with Gasteiger partial charge in [-0.25, -0.2) is 0 Å². The summed E-state index contributed by atoms with van der Waals surface area (Å²) in [4.78, 5) is 0. The minimum absolute atomic E-state index is 0.704. The fourth-order valence-electron chi connectivity index (χ4n) is 2.81. The number of aryl methyl sites for hydroxylation is 1. The van der Waals surface area contributed by atoms with Crippen LogP contribution in [0.1, 0.15) is 32.3 Å². The van der Waals surface area contributed by atoms with Crippen LogP contribution < -0.4 is 4.48 Å². The molecule has 1 heterocycles. The maximum atomic E-state index is 2.35. The van der Waals surface area contributed by atoms with E-state index in [2.05, 4.69) is 45.0 Å². The molecular formula is C14H22N+. The molecule has 0 aliphatic carbocycles. The first kappa shape index (κ1) is 10.7. The summed E-state index contributed by atoms with van der Waals surface area (Å²) in [7, 11) is 0. The van der Waals surface area contributed by atoms with Crippen LogP contribution in [0.25, 0.3) is 0 Å². The molecule has 0 saturated carbocycles. The van der Waals surface area contributed by atoms with Gasteiger partial charge in [0.2, 0.25) is 0 Å². The smallest absolute Gasteiger partial charge is 0.133 e. The number of hydrogen-bond donors (Lipinski definition) is 0. The Labute approximate surface area is 93.3 Å². The summed E-state index contributed by atoms with van der Waals surface area (Å²) < 4.78 is 1.19. The molecule has 0 radical (unpaired) electrons. The Hall–Kier alpha value is -0.820. The zero-order valence-electron chi connectivity index (χ0n) is 10.2. The van der Waals surface area contributed by atoms with Crippen LogP contribution in [-0.4, -0.2) is 19.1 Å². The number of rotatable bonds is 2. The highest BCUT2D eigenvalue weighted by atomic mass is 15.4. The zero-order valence-corrected chi connectivity index (χ0v) is 10.2. The summed E-state index contributed by atoms with van der Waals surface area (Å²) >= 11 is 0. The van der Waals surface area contributed by atoms with E-state index >= 15 is 0 Å². The number of likely N-dealkylation sites (tertiary alicyclic amines) is 1. The van der Waals surface area contributed by atoms with Crippen molar-refractivity contribution in [3.8, 4) is 0 Å². The van der Waals surface area contributed by atoms with Crippen molar-refractivity contribution < 1.29 is 0 Å². The predicted octanol–water partition coefficient (Wildman–Crippen LogP) is 3.50. The van der Waals surface area contributed by atoms with Crippen LogP contribution in [0.15, 0.2) is 24.3 Å². The van der Waals surface area contributed by atoms with Gasteiger partial charge in [0.1, 0.15) is 5.69 Å². The monoisotopic (exact) mass is 204 g/mol. The molecule has 1 fully saturated rings. The van der Waals surface area contributed by atoms with Gasteiger partial charge in [-0.05, 0) is 32.9 Å². The molecule has 1 nitrogen and oxygen atoms in total. The Morgan fingerprint density at radius 2 is 1.53 bits per heavy atom. The van der Waals surface area contributed by atoms with Crippen LogP contribution in [0.3, 0.4) is 0 Å². The fraction of sp³-hybridized carbons (Fsp3) is 0.571. The van der Waals surface area contributed by atoms with Gasteiger partial charge in [0.05, 0.1) is 19.1 Å². The Balaban J connectivity index is 2.36. The van der Waals surface area contributed by atoms with Gasteiger partial charge < -0.3 is 0 Å². The SMILES string of the molecule is Cc1ccc([N+]2(C(C)C)CCCC2)cc1. The quantitative estimate of drug-likeness (QED) is 0.647. The lowest BCUT2D eigenvalue weighted by Gasteiger charge is -2.38. The van der Waals surface area contributed by atoms with Crippen LogP contribution in [-0.2, 0) is 0 Å². The molecule has 0 spiro atoms. The third-order valence-corrected chi connectivity index (χ3v) is 3.90. The Bertz CT molecular complexity index is 318. The van der Waals surface area contributed by atoms with Crippen molar-refractivity contribution in [2.24, 2.45) is 0 Å². The summed E-state index contributed by atoms with van der Waals surface area (Å²) in [5.74, 6) is 0. The van der Waals surface area contributed by atoms with Crippen molar-refractivity contribution in [1.29, 1.82) is 0 Å². The lowest BCUT2D eigenvalue weighted by atomic mass is 10.1. The zero-order chi connectivity index (χ0) is 10.9. The van der Waals surface area contributed by atoms with Crippen LogP contribution in [0.2, 0.25) is 0 Å². The molecule has 1 heteroatoms. The highest BCUT2D eigenvalue weighted by molar-refractivity contribution is 5.45. The highest BCUT2D eigenvalue weighted by Crippen LogP contribution is 2.32. The molecule has 0 aromatic heterocycles. The molecule has 0 atom stereocenters. The summed E-state index contributed by atoms with van der Waals surface area (Å²) in [5.41, 5.74) is 2.87. The third-order valence-electron chi connectivity index (χ3n) is 3.90. The van der Waals surface area contributed by atoms with Crippen LogP contribution in [0.4, 0.5) is 5.69 Å². The van der Waals surface area contributed by atoms with Crippen LogP contribution in [0, 0.1) is 6.92 Å². The molecule has 2 rings (SSSR count). The van der Waals surface area contributed by atoms with E-state index in [4.69, 9.17) is 0 Å². The number of quaternary nitrogens is 1. The summed E-state index contributed by atoms with van der Waals surface area (Å²) in [6.07, 6.45) is 2.76. The minimum atomic E-state index is 0.704. The van der Waals surface area contributed by atoms with Gasteiger partial charge in [0.25, 0.3) is 0 Å². The lowest BCUT2D eigenvalue weighted by Crippen LogP contribution is -2.52. The van der Waals surface area contributed by atoms with Crippen molar-refractivity contribution in [3.05, 3.63) is 29.8 Å². The first-order chi connectivity index (χ1) is 7.15. The van der Waals surface area contributed by atoms with E-state index in [1.165, 1.54) is 41.7 Å². The Morgan fingerprint density at radius 1 is 1.00 bits per heavy atom. The molecule has 82 valence electrons. The second-order valence-electron chi connectivity index (χ2n) is 5.12. The Kier molecular flexibility index (Phi) is 2.83. The molecule has 1 aromatic rings. The average Bonchev–Trinajstić information content (AvgIpc) is 2.69. The molecule has 0 unspecified atom stereocenters. The molecule has 0 N–H and O–H groups in total. The highest BCUT2D eigenvalue weighted by Gasteiger charge is 2.37. The average molecular weight is 204 g/mol. The number of hydrogen-bond acceptors (Lipinski definition) is 0. The van der Waals surface area contributed by atoms with Gasteiger partial charge >= 0.3 is 0 Å². The van der Waals surface area contributed by atoms with Crippen molar-refractivity contribution in [2.75, 3.05) is 13.1 Å². The van der Waals surface area contributed by atoms with E-state index in [0.29, 0.717) is 6.04 Å². The maximum absolute atomic E-state index is 2.35. The first-order valence-electron chi connectivity index (χ1n) is 6.09. The summed E-state index contributed by atoms with van der Waals surface area (Å²) in [6.45, 7) is 9.51. The summed E-state index contributed by atoms with van der Waals surface area (Å²) in [6, 6.07) is 9.84. The van der Waals surface area contributed by atoms with Gasteiger partial charge in [-0.3, -0.25) is 4.48 Å². The van der Waals surface area contributed by atoms with E-state index in [0.717, 1.165) is 0 Å². The van der Waals surface area contributed by atoms with Gasteiger partial charge in [-0.1, -0.05) is 17.7 Å². The van der Waals surface area contributed by atoms with E-state index in [9.17, 15) is 0 Å². The van der Waals surface area contributed by atoms with Crippen molar-refractivity contribution >= 4 is 5.69 Å². The van der Waals surface area contributed by atoms with E-state index < -0.39 is 0 Å². The van der Waals surface area contributed by atoms with Gasteiger partial charge in [0.15, 0.2) is 0 Å². The molecular weight excluding hydrogens is 182 g/mol. The molecule has 0 amide bonds. The van der Waals surface area contributed by atoms with E-state index in [-0.39, 0.29) is 0 Å². The second-order valence-corrected chi connectivity index (χ2v) is 5.12. The van der Waals surface area contributed by atoms with Crippen LogP contribution >= 0.6 is 0 Å². The molecule has 1 aromatic carbocycles. The van der Waals surface area contributed by atoms with Gasteiger partial charge in [-0.15, -0.1) is 0 Å². The molecule has 1 aliphatic heterocycles. The number of benzene rings is 1. The van der Waals surface area contributed by atoms with Gasteiger partial charge in [-0.2, -0.15) is 0 Å². The lowest BCUT2D eigenvalue weighted by molar-refractivity contribution is 0.273. The first-order valence-corrected chi connectivity index (χ1v) is 6.09. The molecule has 15 heavy (non-hydrogen) atoms. The van der Waals surface area contributed by atoms with Crippen molar-refractivity contribution in [3.63, 3.8) is 0 Å².